The number of aliphatic imine (C=N–C) groups is 1. The van der Waals surface area contributed by atoms with Gasteiger partial charge in [0.05, 0.1) is 17.6 Å². The Morgan fingerprint density at radius 1 is 1.26 bits per heavy atom. The number of nitrogens with one attached hydrogen (secondary N) is 2. The van der Waals surface area contributed by atoms with Crippen molar-refractivity contribution in [3.8, 4) is 0 Å². The summed E-state index contributed by atoms with van der Waals surface area (Å²) in [6.45, 7) is 3.03. The van der Waals surface area contributed by atoms with Gasteiger partial charge in [-0.2, -0.15) is 13.2 Å². The number of hydrogen-bond donors (Lipinski definition) is 3. The van der Waals surface area contributed by atoms with Gasteiger partial charge < -0.3 is 15.7 Å². The molecule has 2 rings (SSSR count). The zero-order valence-corrected chi connectivity index (χ0v) is 14.8. The highest BCUT2D eigenvalue weighted by Gasteiger charge is 2.34. The van der Waals surface area contributed by atoms with E-state index in [2.05, 4.69) is 15.6 Å². The third kappa shape index (κ3) is 5.40. The first-order valence-electron chi connectivity index (χ1n) is 8.22. The fourth-order valence-corrected chi connectivity index (χ4v) is 2.76. The van der Waals surface area contributed by atoms with Crippen LogP contribution < -0.4 is 10.6 Å². The summed E-state index contributed by atoms with van der Waals surface area (Å²) in [5.41, 5.74) is 0.0643. The third-order valence-corrected chi connectivity index (χ3v) is 4.12. The summed E-state index contributed by atoms with van der Waals surface area (Å²) in [5, 5.41) is 14.8. The molecule has 1 heterocycles. The number of allylic oxidation sites excluding steroid dienone is 1. The smallest absolute Gasteiger partial charge is 0.387 e. The summed E-state index contributed by atoms with van der Waals surface area (Å²) in [7, 11) is 0. The predicted molar refractivity (Wildman–Crippen MR) is 93.2 cm³/mol. The maximum absolute atomic E-state index is 13.0. The van der Waals surface area contributed by atoms with E-state index in [1.807, 2.05) is 0 Å². The summed E-state index contributed by atoms with van der Waals surface area (Å²) in [5.74, 6) is -0.956. The van der Waals surface area contributed by atoms with E-state index >= 15 is 0 Å². The Morgan fingerprint density at radius 2 is 1.93 bits per heavy atom. The average molecular weight is 383 g/mol. The zero-order valence-electron chi connectivity index (χ0n) is 14.8. The number of dihydropyridines is 1. The Balaban J connectivity index is 1.90. The number of aliphatic hydroxyl groups excluding tert-OH is 1. The van der Waals surface area contributed by atoms with E-state index in [-0.39, 0.29) is 18.0 Å². The van der Waals surface area contributed by atoms with Gasteiger partial charge in [-0.25, -0.2) is 9.79 Å². The normalized spacial score (nSPS) is 18.4. The fourth-order valence-electron chi connectivity index (χ4n) is 2.76. The molecule has 1 aromatic carbocycles. The molecule has 0 spiro atoms. The molecular weight excluding hydrogens is 363 g/mol. The molecule has 2 atom stereocenters. The van der Waals surface area contributed by atoms with Gasteiger partial charge in [-0.1, -0.05) is 23.8 Å². The van der Waals surface area contributed by atoms with E-state index in [0.717, 1.165) is 17.7 Å². The van der Waals surface area contributed by atoms with Crippen LogP contribution in [0.3, 0.4) is 0 Å². The highest BCUT2D eigenvalue weighted by Crippen LogP contribution is 2.34. The summed E-state index contributed by atoms with van der Waals surface area (Å²) < 4.78 is 38.9. The van der Waals surface area contributed by atoms with Crippen molar-refractivity contribution in [3.05, 3.63) is 47.0 Å². The number of urea groups is 1. The molecule has 6 nitrogen and oxygen atoms in total. The summed E-state index contributed by atoms with van der Waals surface area (Å²) in [6.07, 6.45) is -4.40. The Bertz CT molecular complexity index is 788. The van der Waals surface area contributed by atoms with E-state index in [0.29, 0.717) is 5.71 Å². The number of aliphatic hydroxyl groups is 1. The van der Waals surface area contributed by atoms with Gasteiger partial charge in [0, 0.05) is 18.8 Å². The number of nitrogens with zero attached hydrogens (tertiary/aromatic N) is 1. The fraction of sp³-hybridized carbons (Fsp3) is 0.389. The van der Waals surface area contributed by atoms with Gasteiger partial charge in [0.25, 0.3) is 5.91 Å². The first-order chi connectivity index (χ1) is 12.6. The molecule has 0 aliphatic carbocycles. The number of carbonyl (C=O) groups excluding carboxylic acids is 2. The summed E-state index contributed by atoms with van der Waals surface area (Å²) >= 11 is 0. The lowest BCUT2D eigenvalue weighted by Gasteiger charge is -2.20. The van der Waals surface area contributed by atoms with Gasteiger partial charge in [-0.15, -0.1) is 0 Å². The zero-order chi connectivity index (χ0) is 20.2. The standard InChI is InChI=1S/C18H20F3N3O3/c1-10-7-11(2)24-16(26)13(10)8-22-17(27)23-9-15(25)12-5-3-4-6-14(12)18(19,20)21/h3-7,13,15,25H,8-9H2,1-2H3,(H2,22,23,27). The van der Waals surface area contributed by atoms with Crippen LogP contribution in [0.1, 0.15) is 31.1 Å². The van der Waals surface area contributed by atoms with Crippen molar-refractivity contribution in [2.45, 2.75) is 26.1 Å². The second-order valence-corrected chi connectivity index (χ2v) is 6.22. The lowest BCUT2D eigenvalue weighted by atomic mass is 9.96. The van der Waals surface area contributed by atoms with Crippen LogP contribution in [0, 0.1) is 5.92 Å². The minimum absolute atomic E-state index is 0.000979. The summed E-state index contributed by atoms with van der Waals surface area (Å²) in [4.78, 5) is 27.5. The largest absolute Gasteiger partial charge is 0.416 e. The molecule has 0 fully saturated rings. The van der Waals surface area contributed by atoms with E-state index in [4.69, 9.17) is 0 Å². The van der Waals surface area contributed by atoms with Gasteiger partial charge in [-0.05, 0) is 31.6 Å². The van der Waals surface area contributed by atoms with Gasteiger partial charge in [0.1, 0.15) is 0 Å². The van der Waals surface area contributed by atoms with Crippen molar-refractivity contribution in [2.75, 3.05) is 13.1 Å². The van der Waals surface area contributed by atoms with Crippen molar-refractivity contribution in [1.29, 1.82) is 0 Å². The van der Waals surface area contributed by atoms with Crippen molar-refractivity contribution in [3.63, 3.8) is 0 Å². The SMILES string of the molecule is CC1=CC(C)=NC(=O)C1CNC(=O)NCC(O)c1ccccc1C(F)(F)F. The molecule has 3 amide bonds. The quantitative estimate of drug-likeness (QED) is 0.730. The van der Waals surface area contributed by atoms with Crippen LogP contribution in [0.4, 0.5) is 18.0 Å². The maximum atomic E-state index is 13.0. The van der Waals surface area contributed by atoms with Crippen LogP contribution in [0.5, 0.6) is 0 Å². The van der Waals surface area contributed by atoms with Gasteiger partial charge in [-0.3, -0.25) is 4.79 Å². The lowest BCUT2D eigenvalue weighted by molar-refractivity contribution is -0.139. The number of halogens is 3. The number of carbonyl (C=O) groups is 2. The first kappa shape index (κ1) is 20.6. The molecular formula is C18H20F3N3O3. The average Bonchev–Trinajstić information content (AvgIpc) is 2.58. The Hall–Kier alpha value is -2.68. The number of amides is 3. The third-order valence-electron chi connectivity index (χ3n) is 4.12. The van der Waals surface area contributed by atoms with Crippen molar-refractivity contribution in [1.82, 2.24) is 10.6 Å². The predicted octanol–water partition coefficient (Wildman–Crippen LogP) is 2.60. The van der Waals surface area contributed by atoms with Crippen LogP contribution in [-0.2, 0) is 11.0 Å². The molecule has 1 aliphatic heterocycles. The van der Waals surface area contributed by atoms with Gasteiger partial charge >= 0.3 is 12.2 Å². The van der Waals surface area contributed by atoms with E-state index in [9.17, 15) is 27.9 Å². The minimum atomic E-state index is -4.61. The molecule has 0 bridgehead atoms. The molecule has 0 saturated heterocycles. The summed E-state index contributed by atoms with van der Waals surface area (Å²) in [6, 6.07) is 3.92. The highest BCUT2D eigenvalue weighted by atomic mass is 19.4. The maximum Gasteiger partial charge on any atom is 0.416 e. The Morgan fingerprint density at radius 3 is 2.56 bits per heavy atom. The molecule has 0 saturated carbocycles. The van der Waals surface area contributed by atoms with Gasteiger partial charge in [0.2, 0.25) is 0 Å². The van der Waals surface area contributed by atoms with E-state index in [1.165, 1.54) is 12.1 Å². The molecule has 1 aliphatic rings. The Kier molecular flexibility index (Phi) is 6.37. The van der Waals surface area contributed by atoms with Crippen LogP contribution >= 0.6 is 0 Å². The molecule has 2 unspecified atom stereocenters. The topological polar surface area (TPSA) is 90.8 Å². The first-order valence-corrected chi connectivity index (χ1v) is 8.22. The molecule has 27 heavy (non-hydrogen) atoms. The van der Waals surface area contributed by atoms with Crippen LogP contribution in [0.25, 0.3) is 0 Å². The van der Waals surface area contributed by atoms with E-state index < -0.39 is 36.3 Å². The Labute approximate surface area is 154 Å². The molecule has 3 N–H and O–H groups in total. The van der Waals surface area contributed by atoms with Crippen LogP contribution in [0.15, 0.2) is 40.9 Å². The molecule has 0 aromatic heterocycles. The number of hydrogen-bond acceptors (Lipinski definition) is 3. The van der Waals surface area contributed by atoms with Crippen LogP contribution in [-0.4, -0.2) is 35.8 Å². The molecule has 0 radical (unpaired) electrons. The number of alkyl halides is 3. The molecule has 9 heteroatoms. The second kappa shape index (κ2) is 8.34. The minimum Gasteiger partial charge on any atom is -0.387 e. The van der Waals surface area contributed by atoms with Gasteiger partial charge in [0.15, 0.2) is 0 Å². The lowest BCUT2D eigenvalue weighted by Crippen LogP contribution is -2.42. The number of rotatable bonds is 5. The van der Waals surface area contributed by atoms with Crippen molar-refractivity contribution < 1.29 is 27.9 Å². The molecule has 146 valence electrons. The van der Waals surface area contributed by atoms with E-state index in [1.54, 1.807) is 19.9 Å². The van der Waals surface area contributed by atoms with Crippen LogP contribution in [0.2, 0.25) is 0 Å². The number of benzene rings is 1. The van der Waals surface area contributed by atoms with Crippen molar-refractivity contribution in [2.24, 2.45) is 10.9 Å². The van der Waals surface area contributed by atoms with Crippen molar-refractivity contribution >= 4 is 17.6 Å². The molecule has 1 aromatic rings. The second-order valence-electron chi connectivity index (χ2n) is 6.22. The monoisotopic (exact) mass is 383 g/mol. The highest BCUT2D eigenvalue weighted by molar-refractivity contribution is 6.05.